The molecule has 0 aliphatic heterocycles. The lowest BCUT2D eigenvalue weighted by atomic mass is 10.2. The number of rotatable bonds is 6. The van der Waals surface area contributed by atoms with Gasteiger partial charge < -0.3 is 14.8 Å². The number of carbonyl (C=O) groups excluding carboxylic acids is 1. The molecule has 2 aromatic rings. The highest BCUT2D eigenvalue weighted by Gasteiger charge is 2.12. The number of para-hydroxylation sites is 1. The summed E-state index contributed by atoms with van der Waals surface area (Å²) in [5, 5.41) is 2.92. The Morgan fingerprint density at radius 2 is 1.95 bits per heavy atom. The zero-order valence-electron chi connectivity index (χ0n) is 12.9. The number of methoxy groups -OCH3 is 1. The van der Waals surface area contributed by atoms with Crippen LogP contribution in [0.3, 0.4) is 0 Å². The van der Waals surface area contributed by atoms with Crippen LogP contribution in [0, 0.1) is 0 Å². The summed E-state index contributed by atoms with van der Waals surface area (Å²) >= 11 is 1.59. The first-order valence-corrected chi connectivity index (χ1v) is 8.17. The third-order valence-electron chi connectivity index (χ3n) is 3.08. The molecule has 0 fully saturated rings. The predicted molar refractivity (Wildman–Crippen MR) is 90.3 cm³/mol. The molecule has 116 valence electrons. The van der Waals surface area contributed by atoms with Gasteiger partial charge in [-0.1, -0.05) is 12.1 Å². The van der Waals surface area contributed by atoms with E-state index in [9.17, 15) is 4.79 Å². The fourth-order valence-electron chi connectivity index (χ4n) is 2.03. The summed E-state index contributed by atoms with van der Waals surface area (Å²) in [6.07, 6.45) is 1.98. The monoisotopic (exact) mass is 317 g/mol. The summed E-state index contributed by atoms with van der Waals surface area (Å²) in [6, 6.07) is 12.9. The highest BCUT2D eigenvalue weighted by Crippen LogP contribution is 2.29. The largest absolute Gasteiger partial charge is 0.493 e. The van der Waals surface area contributed by atoms with Crippen molar-refractivity contribution in [3.8, 4) is 11.5 Å². The molecule has 5 heteroatoms. The van der Waals surface area contributed by atoms with Crippen molar-refractivity contribution in [2.75, 3.05) is 25.3 Å². The molecule has 1 amide bonds. The molecular formula is C17H19NO3S. The molecule has 0 aliphatic rings. The van der Waals surface area contributed by atoms with Crippen LogP contribution < -0.4 is 14.8 Å². The molecule has 0 atom stereocenters. The maximum atomic E-state index is 12.4. The van der Waals surface area contributed by atoms with Gasteiger partial charge in [0.2, 0.25) is 0 Å². The first-order chi connectivity index (χ1) is 10.7. The predicted octanol–water partition coefficient (Wildman–Crippen LogP) is 4.07. The van der Waals surface area contributed by atoms with Gasteiger partial charge in [-0.25, -0.2) is 0 Å². The third kappa shape index (κ3) is 3.74. The minimum Gasteiger partial charge on any atom is -0.493 e. The van der Waals surface area contributed by atoms with Crippen LogP contribution in [0.1, 0.15) is 17.3 Å². The van der Waals surface area contributed by atoms with Crippen LogP contribution in [0.15, 0.2) is 47.4 Å². The molecule has 2 aromatic carbocycles. The first-order valence-electron chi connectivity index (χ1n) is 6.94. The van der Waals surface area contributed by atoms with Gasteiger partial charge in [0, 0.05) is 10.5 Å². The zero-order chi connectivity index (χ0) is 15.9. The second-order valence-electron chi connectivity index (χ2n) is 4.45. The SMILES string of the molecule is CCOc1ccc(C(=O)Nc2ccccc2SC)cc1OC. The second-order valence-corrected chi connectivity index (χ2v) is 5.30. The van der Waals surface area contributed by atoms with E-state index in [-0.39, 0.29) is 5.91 Å². The molecule has 4 nitrogen and oxygen atoms in total. The molecule has 0 heterocycles. The van der Waals surface area contributed by atoms with E-state index in [1.165, 1.54) is 0 Å². The number of anilines is 1. The standard InChI is InChI=1S/C17H19NO3S/c1-4-21-14-10-9-12(11-15(14)20-2)17(19)18-13-7-5-6-8-16(13)22-3/h5-11H,4H2,1-3H3,(H,18,19). The molecular weight excluding hydrogens is 298 g/mol. The average molecular weight is 317 g/mol. The maximum absolute atomic E-state index is 12.4. The van der Waals surface area contributed by atoms with Gasteiger partial charge >= 0.3 is 0 Å². The van der Waals surface area contributed by atoms with Gasteiger partial charge in [0.1, 0.15) is 0 Å². The van der Waals surface area contributed by atoms with Crippen molar-refractivity contribution in [1.82, 2.24) is 0 Å². The van der Waals surface area contributed by atoms with Crippen molar-refractivity contribution in [3.63, 3.8) is 0 Å². The van der Waals surface area contributed by atoms with Crippen molar-refractivity contribution >= 4 is 23.4 Å². The van der Waals surface area contributed by atoms with Crippen LogP contribution in [0.4, 0.5) is 5.69 Å². The summed E-state index contributed by atoms with van der Waals surface area (Å²) < 4.78 is 10.7. The molecule has 1 N–H and O–H groups in total. The Hall–Kier alpha value is -2.14. The number of hydrogen-bond acceptors (Lipinski definition) is 4. The quantitative estimate of drug-likeness (QED) is 0.816. The molecule has 0 radical (unpaired) electrons. The molecule has 0 aromatic heterocycles. The Labute approximate surface area is 134 Å². The highest BCUT2D eigenvalue weighted by molar-refractivity contribution is 7.98. The summed E-state index contributed by atoms with van der Waals surface area (Å²) in [5.74, 6) is 1.00. The van der Waals surface area contributed by atoms with Crippen molar-refractivity contribution in [1.29, 1.82) is 0 Å². The third-order valence-corrected chi connectivity index (χ3v) is 3.88. The van der Waals surface area contributed by atoms with Crippen LogP contribution in [0.5, 0.6) is 11.5 Å². The summed E-state index contributed by atoms with van der Waals surface area (Å²) in [6.45, 7) is 2.45. The van der Waals surface area contributed by atoms with Gasteiger partial charge in [-0.2, -0.15) is 0 Å². The minimum absolute atomic E-state index is 0.178. The van der Waals surface area contributed by atoms with E-state index in [1.54, 1.807) is 37.1 Å². The number of hydrogen-bond donors (Lipinski definition) is 1. The normalized spacial score (nSPS) is 10.1. The van der Waals surface area contributed by atoms with Crippen LogP contribution in [-0.4, -0.2) is 25.9 Å². The second kappa shape index (κ2) is 7.75. The maximum Gasteiger partial charge on any atom is 0.255 e. The fourth-order valence-corrected chi connectivity index (χ4v) is 2.58. The zero-order valence-corrected chi connectivity index (χ0v) is 13.7. The molecule has 0 aliphatic carbocycles. The number of amides is 1. The van der Waals surface area contributed by atoms with Crippen molar-refractivity contribution in [3.05, 3.63) is 48.0 Å². The van der Waals surface area contributed by atoms with Gasteiger partial charge in [0.25, 0.3) is 5.91 Å². The van der Waals surface area contributed by atoms with Crippen LogP contribution in [0.2, 0.25) is 0 Å². The number of ether oxygens (including phenoxy) is 2. The lowest BCUT2D eigenvalue weighted by Crippen LogP contribution is -2.12. The summed E-state index contributed by atoms with van der Waals surface area (Å²) in [4.78, 5) is 13.4. The molecule has 0 saturated heterocycles. The van der Waals surface area contributed by atoms with Crippen molar-refractivity contribution in [2.24, 2.45) is 0 Å². The van der Waals surface area contributed by atoms with Crippen LogP contribution >= 0.6 is 11.8 Å². The summed E-state index contributed by atoms with van der Waals surface area (Å²) in [7, 11) is 1.56. The van der Waals surface area contributed by atoms with Gasteiger partial charge in [0.05, 0.1) is 19.4 Å². The average Bonchev–Trinajstić information content (AvgIpc) is 2.56. The Bertz CT molecular complexity index is 658. The van der Waals surface area contributed by atoms with Gasteiger partial charge in [-0.3, -0.25) is 4.79 Å². The minimum atomic E-state index is -0.178. The fraction of sp³-hybridized carbons (Fsp3) is 0.235. The van der Waals surface area contributed by atoms with Gasteiger partial charge in [-0.05, 0) is 43.5 Å². The first kappa shape index (κ1) is 16.2. The molecule has 2 rings (SSSR count). The van der Waals surface area contributed by atoms with E-state index >= 15 is 0 Å². The Kier molecular flexibility index (Phi) is 5.72. The highest BCUT2D eigenvalue weighted by atomic mass is 32.2. The van der Waals surface area contributed by atoms with Crippen LogP contribution in [-0.2, 0) is 0 Å². The van der Waals surface area contributed by atoms with E-state index in [2.05, 4.69) is 5.32 Å². The van der Waals surface area contributed by atoms with Crippen molar-refractivity contribution < 1.29 is 14.3 Å². The Morgan fingerprint density at radius 3 is 2.64 bits per heavy atom. The lowest BCUT2D eigenvalue weighted by molar-refractivity contribution is 0.102. The number of carbonyl (C=O) groups is 1. The Morgan fingerprint density at radius 1 is 1.18 bits per heavy atom. The van der Waals surface area contributed by atoms with E-state index < -0.39 is 0 Å². The van der Waals surface area contributed by atoms with Crippen LogP contribution in [0.25, 0.3) is 0 Å². The van der Waals surface area contributed by atoms with Crippen molar-refractivity contribution in [2.45, 2.75) is 11.8 Å². The number of benzene rings is 2. The smallest absolute Gasteiger partial charge is 0.255 e. The summed E-state index contributed by atoms with van der Waals surface area (Å²) in [5.41, 5.74) is 1.32. The number of thioether (sulfide) groups is 1. The van der Waals surface area contributed by atoms with Gasteiger partial charge in [-0.15, -0.1) is 11.8 Å². The van der Waals surface area contributed by atoms with E-state index in [4.69, 9.17) is 9.47 Å². The van der Waals surface area contributed by atoms with E-state index in [1.807, 2.05) is 37.4 Å². The van der Waals surface area contributed by atoms with E-state index in [0.29, 0.717) is 23.7 Å². The molecule has 22 heavy (non-hydrogen) atoms. The Balaban J connectivity index is 2.22. The molecule has 0 bridgehead atoms. The molecule has 0 saturated carbocycles. The molecule has 0 unspecified atom stereocenters. The molecule has 0 spiro atoms. The number of nitrogens with one attached hydrogen (secondary N) is 1. The van der Waals surface area contributed by atoms with E-state index in [0.717, 1.165) is 10.6 Å². The topological polar surface area (TPSA) is 47.6 Å². The lowest BCUT2D eigenvalue weighted by Gasteiger charge is -2.12. The van der Waals surface area contributed by atoms with Gasteiger partial charge in [0.15, 0.2) is 11.5 Å².